The maximum absolute atomic E-state index is 13.9. The Balaban J connectivity index is 2.22. The highest BCUT2D eigenvalue weighted by Gasteiger charge is 2.14. The molecule has 1 N–H and O–H groups in total. The van der Waals surface area contributed by atoms with Crippen LogP contribution in [0.1, 0.15) is 24.4 Å². The first-order valence-corrected chi connectivity index (χ1v) is 6.98. The van der Waals surface area contributed by atoms with Gasteiger partial charge in [-0.1, -0.05) is 41.0 Å². The first kappa shape index (κ1) is 16.1. The number of aliphatic carboxylic acids is 1. The SMILES string of the molecule is O=NC(CCC(=O)O)c1ccc(-c2ccc(Cl)cc2F)cc1. The van der Waals surface area contributed by atoms with Crippen LogP contribution in [0.15, 0.2) is 47.6 Å². The third-order valence-corrected chi connectivity index (χ3v) is 3.53. The van der Waals surface area contributed by atoms with E-state index in [4.69, 9.17) is 16.7 Å². The Kier molecular flexibility index (Phi) is 5.22. The largest absolute Gasteiger partial charge is 0.481 e. The quantitative estimate of drug-likeness (QED) is 0.776. The van der Waals surface area contributed by atoms with Gasteiger partial charge in [-0.25, -0.2) is 4.39 Å². The fourth-order valence-electron chi connectivity index (χ4n) is 2.15. The molecule has 22 heavy (non-hydrogen) atoms. The maximum atomic E-state index is 13.9. The summed E-state index contributed by atoms with van der Waals surface area (Å²) in [6.07, 6.45) is -0.00252. The van der Waals surface area contributed by atoms with Gasteiger partial charge in [0.2, 0.25) is 0 Å². The van der Waals surface area contributed by atoms with Gasteiger partial charge in [0.15, 0.2) is 0 Å². The highest BCUT2D eigenvalue weighted by molar-refractivity contribution is 6.30. The number of rotatable bonds is 6. The minimum absolute atomic E-state index is 0.132. The zero-order valence-electron chi connectivity index (χ0n) is 11.5. The summed E-state index contributed by atoms with van der Waals surface area (Å²) in [6.45, 7) is 0. The van der Waals surface area contributed by atoms with Gasteiger partial charge in [0.25, 0.3) is 0 Å². The molecule has 0 spiro atoms. The third-order valence-electron chi connectivity index (χ3n) is 3.30. The van der Waals surface area contributed by atoms with Gasteiger partial charge in [-0.3, -0.25) is 4.79 Å². The molecule has 1 unspecified atom stereocenters. The number of nitroso groups, excluding NO2 is 1. The molecule has 0 fully saturated rings. The van der Waals surface area contributed by atoms with Gasteiger partial charge in [-0.05, 0) is 35.7 Å². The van der Waals surface area contributed by atoms with Crippen LogP contribution in [-0.2, 0) is 4.79 Å². The Hall–Kier alpha value is -2.27. The second kappa shape index (κ2) is 7.13. The number of carbonyl (C=O) groups is 1. The van der Waals surface area contributed by atoms with Crippen molar-refractivity contribution in [3.05, 3.63) is 63.8 Å². The summed E-state index contributed by atoms with van der Waals surface area (Å²) in [5, 5.41) is 11.9. The number of hydrogen-bond acceptors (Lipinski definition) is 3. The lowest BCUT2D eigenvalue weighted by atomic mass is 9.98. The van der Waals surface area contributed by atoms with Crippen molar-refractivity contribution in [3.8, 4) is 11.1 Å². The summed E-state index contributed by atoms with van der Waals surface area (Å²) in [6, 6.07) is 10.3. The van der Waals surface area contributed by atoms with Crippen LogP contribution in [0.2, 0.25) is 5.02 Å². The van der Waals surface area contributed by atoms with Gasteiger partial charge in [-0.2, -0.15) is 4.91 Å². The Labute approximate surface area is 131 Å². The first-order chi connectivity index (χ1) is 10.5. The van der Waals surface area contributed by atoms with Crippen LogP contribution in [0, 0.1) is 10.7 Å². The van der Waals surface area contributed by atoms with E-state index in [1.807, 2.05) is 0 Å². The van der Waals surface area contributed by atoms with E-state index in [9.17, 15) is 14.1 Å². The van der Waals surface area contributed by atoms with Crippen LogP contribution >= 0.6 is 11.6 Å². The van der Waals surface area contributed by atoms with E-state index >= 15 is 0 Å². The molecule has 114 valence electrons. The predicted molar refractivity (Wildman–Crippen MR) is 82.3 cm³/mol. The molecule has 2 rings (SSSR count). The maximum Gasteiger partial charge on any atom is 0.303 e. The minimum atomic E-state index is -0.978. The Morgan fingerprint density at radius 3 is 2.45 bits per heavy atom. The Morgan fingerprint density at radius 2 is 1.91 bits per heavy atom. The van der Waals surface area contributed by atoms with E-state index in [0.717, 1.165) is 0 Å². The lowest BCUT2D eigenvalue weighted by Crippen LogP contribution is -2.01. The summed E-state index contributed by atoms with van der Waals surface area (Å²) in [5.74, 6) is -1.41. The number of carboxylic acids is 1. The van der Waals surface area contributed by atoms with E-state index in [-0.39, 0.29) is 12.8 Å². The van der Waals surface area contributed by atoms with Crippen molar-refractivity contribution >= 4 is 17.6 Å². The van der Waals surface area contributed by atoms with Crippen molar-refractivity contribution in [1.29, 1.82) is 0 Å². The second-order valence-electron chi connectivity index (χ2n) is 4.80. The molecule has 4 nitrogen and oxygen atoms in total. The number of halogens is 2. The molecule has 6 heteroatoms. The zero-order chi connectivity index (χ0) is 16.1. The van der Waals surface area contributed by atoms with E-state index in [1.54, 1.807) is 36.4 Å². The van der Waals surface area contributed by atoms with Crippen LogP contribution < -0.4 is 0 Å². The highest BCUT2D eigenvalue weighted by Crippen LogP contribution is 2.28. The molecular weight excluding hydrogens is 309 g/mol. The number of carboxylic acid groups (broad SMARTS) is 1. The molecule has 1 atom stereocenters. The van der Waals surface area contributed by atoms with Crippen LogP contribution in [0.25, 0.3) is 11.1 Å². The second-order valence-corrected chi connectivity index (χ2v) is 5.24. The van der Waals surface area contributed by atoms with Crippen molar-refractivity contribution < 1.29 is 14.3 Å². The van der Waals surface area contributed by atoms with Crippen LogP contribution in [-0.4, -0.2) is 11.1 Å². The van der Waals surface area contributed by atoms with Crippen molar-refractivity contribution in [3.63, 3.8) is 0 Å². The summed E-state index contributed by atoms with van der Waals surface area (Å²) >= 11 is 5.72. The Morgan fingerprint density at radius 1 is 1.23 bits per heavy atom. The molecule has 0 aliphatic heterocycles. The summed E-state index contributed by atoms with van der Waals surface area (Å²) in [5.41, 5.74) is 1.65. The lowest BCUT2D eigenvalue weighted by Gasteiger charge is -2.10. The van der Waals surface area contributed by atoms with Crippen molar-refractivity contribution in [2.75, 3.05) is 0 Å². The minimum Gasteiger partial charge on any atom is -0.481 e. The molecule has 0 bridgehead atoms. The van der Waals surface area contributed by atoms with Gasteiger partial charge < -0.3 is 5.11 Å². The monoisotopic (exact) mass is 321 g/mol. The van der Waals surface area contributed by atoms with Gasteiger partial charge >= 0.3 is 5.97 Å². The molecule has 0 amide bonds. The fourth-order valence-corrected chi connectivity index (χ4v) is 2.31. The normalized spacial score (nSPS) is 11.9. The average molecular weight is 322 g/mol. The van der Waals surface area contributed by atoms with E-state index in [1.165, 1.54) is 6.07 Å². The summed E-state index contributed by atoms with van der Waals surface area (Å²) < 4.78 is 13.9. The smallest absolute Gasteiger partial charge is 0.303 e. The number of hydrogen-bond donors (Lipinski definition) is 1. The molecule has 0 aromatic heterocycles. The highest BCUT2D eigenvalue weighted by atomic mass is 35.5. The first-order valence-electron chi connectivity index (χ1n) is 6.61. The molecule has 0 aliphatic carbocycles. The van der Waals surface area contributed by atoms with Crippen molar-refractivity contribution in [2.24, 2.45) is 5.18 Å². The molecule has 2 aromatic carbocycles. The molecule has 2 aromatic rings. The Bertz CT molecular complexity index is 688. The van der Waals surface area contributed by atoms with Crippen LogP contribution in [0.4, 0.5) is 4.39 Å². The van der Waals surface area contributed by atoms with E-state index < -0.39 is 17.8 Å². The van der Waals surface area contributed by atoms with E-state index in [2.05, 4.69) is 5.18 Å². The molecule has 0 aliphatic rings. The molecule has 0 heterocycles. The van der Waals surface area contributed by atoms with Crippen LogP contribution in [0.3, 0.4) is 0 Å². The van der Waals surface area contributed by atoms with E-state index in [0.29, 0.717) is 21.7 Å². The molecular formula is C16H13ClFNO3. The summed E-state index contributed by atoms with van der Waals surface area (Å²) in [4.78, 5) is 21.4. The zero-order valence-corrected chi connectivity index (χ0v) is 12.3. The molecule has 0 radical (unpaired) electrons. The summed E-state index contributed by atoms with van der Waals surface area (Å²) in [7, 11) is 0. The average Bonchev–Trinajstić information content (AvgIpc) is 2.48. The van der Waals surface area contributed by atoms with Gasteiger partial charge in [0.1, 0.15) is 11.9 Å². The molecule has 0 saturated carbocycles. The predicted octanol–water partition coefficient (Wildman–Crippen LogP) is 4.82. The van der Waals surface area contributed by atoms with Gasteiger partial charge in [0.05, 0.1) is 0 Å². The third kappa shape index (κ3) is 3.89. The van der Waals surface area contributed by atoms with Crippen LogP contribution in [0.5, 0.6) is 0 Å². The van der Waals surface area contributed by atoms with Gasteiger partial charge in [0, 0.05) is 17.0 Å². The fraction of sp³-hybridized carbons (Fsp3) is 0.188. The number of benzene rings is 2. The van der Waals surface area contributed by atoms with Crippen molar-refractivity contribution in [2.45, 2.75) is 18.9 Å². The van der Waals surface area contributed by atoms with Crippen molar-refractivity contribution in [1.82, 2.24) is 0 Å². The number of nitrogens with zero attached hydrogens (tertiary/aromatic N) is 1. The van der Waals surface area contributed by atoms with Gasteiger partial charge in [-0.15, -0.1) is 0 Å². The standard InChI is InChI=1S/C16H13ClFNO3/c17-12-5-6-13(14(18)9-12)10-1-3-11(4-2-10)15(19-22)7-8-16(20)21/h1-6,9,15H,7-8H2,(H,20,21). The topological polar surface area (TPSA) is 66.7 Å². The molecule has 0 saturated heterocycles. The lowest BCUT2D eigenvalue weighted by molar-refractivity contribution is -0.137.